The van der Waals surface area contributed by atoms with E-state index < -0.39 is 46.6 Å². The van der Waals surface area contributed by atoms with Gasteiger partial charge in [0, 0.05) is 11.1 Å². The lowest BCUT2D eigenvalue weighted by Gasteiger charge is -2.34. The van der Waals surface area contributed by atoms with E-state index in [-0.39, 0.29) is 6.08 Å². The highest BCUT2D eigenvalue weighted by atomic mass is 19.4. The zero-order valence-electron chi connectivity index (χ0n) is 15.3. The maximum absolute atomic E-state index is 14.4. The average Bonchev–Trinajstić information content (AvgIpc) is 3.06. The topological polar surface area (TPSA) is 44.8 Å². The number of esters is 1. The number of hydrogen-bond acceptors (Lipinski definition) is 4. The summed E-state index contributed by atoms with van der Waals surface area (Å²) in [6, 6.07) is 11.2. The van der Waals surface area contributed by atoms with Gasteiger partial charge < -0.3 is 14.2 Å². The van der Waals surface area contributed by atoms with E-state index in [1.54, 1.807) is 0 Å². The maximum atomic E-state index is 14.4. The van der Waals surface area contributed by atoms with Gasteiger partial charge in [-0.05, 0) is 0 Å². The zero-order valence-corrected chi connectivity index (χ0v) is 15.3. The molecule has 0 saturated carbocycles. The largest absolute Gasteiger partial charge is 0.466 e. The third kappa shape index (κ3) is 3.30. The van der Waals surface area contributed by atoms with Crippen molar-refractivity contribution in [2.45, 2.75) is 23.7 Å². The van der Waals surface area contributed by atoms with Gasteiger partial charge in [0.2, 0.25) is 5.60 Å². The fourth-order valence-electron chi connectivity index (χ4n) is 3.10. The Labute approximate surface area is 166 Å². The minimum absolute atomic E-state index is 0.205. The molecule has 0 aliphatic carbocycles. The SMILES string of the molecule is COC(=O)/C=C1\OC(c2ccccc2)(C(F)(F)F)OC1(c1ccccc1)C(F)(F)F. The van der Waals surface area contributed by atoms with Gasteiger partial charge in [-0.2, -0.15) is 26.3 Å². The Morgan fingerprint density at radius 3 is 1.80 bits per heavy atom. The number of carbonyl (C=O) groups is 1. The third-order valence-corrected chi connectivity index (χ3v) is 4.45. The predicted molar refractivity (Wildman–Crippen MR) is 90.6 cm³/mol. The third-order valence-electron chi connectivity index (χ3n) is 4.45. The van der Waals surface area contributed by atoms with Crippen molar-refractivity contribution in [3.63, 3.8) is 0 Å². The van der Waals surface area contributed by atoms with Crippen molar-refractivity contribution in [1.82, 2.24) is 0 Å². The van der Waals surface area contributed by atoms with Crippen molar-refractivity contribution in [2.75, 3.05) is 7.11 Å². The first-order valence-corrected chi connectivity index (χ1v) is 8.42. The summed E-state index contributed by atoms with van der Waals surface area (Å²) in [4.78, 5) is 11.7. The van der Waals surface area contributed by atoms with E-state index in [2.05, 4.69) is 4.74 Å². The molecule has 0 amide bonds. The monoisotopic (exact) mass is 432 g/mol. The van der Waals surface area contributed by atoms with Crippen LogP contribution in [0.1, 0.15) is 11.1 Å². The summed E-state index contributed by atoms with van der Waals surface area (Å²) in [5.74, 6) is -6.56. The molecule has 1 aliphatic rings. The van der Waals surface area contributed by atoms with E-state index in [9.17, 15) is 31.1 Å². The molecule has 10 heteroatoms. The Morgan fingerprint density at radius 1 is 0.867 bits per heavy atom. The predicted octanol–water partition coefficient (Wildman–Crippen LogP) is 4.96. The molecule has 1 aliphatic heterocycles. The second-order valence-corrected chi connectivity index (χ2v) is 6.26. The summed E-state index contributed by atoms with van der Waals surface area (Å²) in [5, 5.41) is 0. The van der Waals surface area contributed by atoms with E-state index in [1.165, 1.54) is 36.4 Å². The normalized spacial score (nSPS) is 25.8. The Hall–Kier alpha value is -3.01. The van der Waals surface area contributed by atoms with Crippen LogP contribution in [0.2, 0.25) is 0 Å². The van der Waals surface area contributed by atoms with E-state index in [4.69, 9.17) is 9.47 Å². The van der Waals surface area contributed by atoms with E-state index in [0.717, 1.165) is 31.4 Å². The summed E-state index contributed by atoms with van der Waals surface area (Å²) in [6.07, 6.45) is -10.7. The maximum Gasteiger partial charge on any atom is 0.460 e. The lowest BCUT2D eigenvalue weighted by atomic mass is 9.90. The van der Waals surface area contributed by atoms with Gasteiger partial charge in [-0.3, -0.25) is 0 Å². The van der Waals surface area contributed by atoms with Gasteiger partial charge in [0.05, 0.1) is 13.2 Å². The molecule has 2 aromatic rings. The number of carbonyl (C=O) groups excluding carboxylic acids is 1. The lowest BCUT2D eigenvalue weighted by molar-refractivity contribution is -0.386. The molecule has 30 heavy (non-hydrogen) atoms. The molecule has 4 nitrogen and oxygen atoms in total. The number of ether oxygens (including phenoxy) is 3. The van der Waals surface area contributed by atoms with Crippen molar-refractivity contribution in [2.24, 2.45) is 0 Å². The van der Waals surface area contributed by atoms with Gasteiger partial charge in [-0.25, -0.2) is 4.79 Å². The number of halogens is 6. The van der Waals surface area contributed by atoms with Gasteiger partial charge in [-0.1, -0.05) is 60.7 Å². The summed E-state index contributed by atoms with van der Waals surface area (Å²) in [5.41, 5.74) is -5.14. The van der Waals surface area contributed by atoms with Crippen LogP contribution in [-0.4, -0.2) is 25.4 Å². The van der Waals surface area contributed by atoms with Crippen molar-refractivity contribution in [1.29, 1.82) is 0 Å². The minimum atomic E-state index is -5.44. The van der Waals surface area contributed by atoms with Crippen LogP contribution in [0.15, 0.2) is 72.5 Å². The minimum Gasteiger partial charge on any atom is -0.466 e. The molecule has 2 aromatic carbocycles. The molecule has 0 spiro atoms. The lowest BCUT2D eigenvalue weighted by Crippen LogP contribution is -2.49. The smallest absolute Gasteiger partial charge is 0.460 e. The first-order chi connectivity index (χ1) is 14.0. The van der Waals surface area contributed by atoms with Crippen LogP contribution in [0.5, 0.6) is 0 Å². The fraction of sp³-hybridized carbons (Fsp3) is 0.250. The van der Waals surface area contributed by atoms with Gasteiger partial charge in [-0.15, -0.1) is 0 Å². The molecule has 160 valence electrons. The van der Waals surface area contributed by atoms with Crippen LogP contribution in [-0.2, 0) is 30.4 Å². The number of rotatable bonds is 3. The van der Waals surface area contributed by atoms with E-state index >= 15 is 0 Å². The summed E-state index contributed by atoms with van der Waals surface area (Å²) in [7, 11) is 0.862. The van der Waals surface area contributed by atoms with Crippen LogP contribution in [0, 0.1) is 0 Å². The van der Waals surface area contributed by atoms with Crippen molar-refractivity contribution >= 4 is 5.97 Å². The van der Waals surface area contributed by atoms with Gasteiger partial charge in [0.1, 0.15) is 0 Å². The number of benzene rings is 2. The highest BCUT2D eigenvalue weighted by Crippen LogP contribution is 2.62. The van der Waals surface area contributed by atoms with Crippen LogP contribution < -0.4 is 0 Å². The van der Waals surface area contributed by atoms with Gasteiger partial charge in [0.25, 0.3) is 0 Å². The average molecular weight is 432 g/mol. The summed E-state index contributed by atoms with van der Waals surface area (Å²) >= 11 is 0. The Balaban J connectivity index is 2.37. The van der Waals surface area contributed by atoms with Crippen molar-refractivity contribution in [3.8, 4) is 0 Å². The van der Waals surface area contributed by atoms with E-state index in [1.807, 2.05) is 0 Å². The Kier molecular flexibility index (Phi) is 5.32. The number of methoxy groups -OCH3 is 1. The summed E-state index contributed by atoms with van der Waals surface area (Å²) in [6.45, 7) is 0. The standard InChI is InChI=1S/C20H14F6O4/c1-28-16(27)12-15-17(19(21,22)23,13-8-4-2-5-9-13)30-18(29-15,20(24,25)26)14-10-6-3-7-11-14/h2-12H,1H3/b15-12-. The molecular formula is C20H14F6O4. The van der Waals surface area contributed by atoms with Crippen LogP contribution in [0.25, 0.3) is 0 Å². The summed E-state index contributed by atoms with van der Waals surface area (Å²) < 4.78 is 99.7. The fourth-order valence-corrected chi connectivity index (χ4v) is 3.10. The number of alkyl halides is 6. The molecule has 2 atom stereocenters. The first kappa shape index (κ1) is 21.7. The van der Waals surface area contributed by atoms with Crippen LogP contribution >= 0.6 is 0 Å². The van der Waals surface area contributed by atoms with E-state index in [0.29, 0.717) is 0 Å². The molecule has 0 N–H and O–H groups in total. The molecule has 0 radical (unpaired) electrons. The molecule has 3 rings (SSSR count). The van der Waals surface area contributed by atoms with Crippen LogP contribution in [0.3, 0.4) is 0 Å². The second kappa shape index (κ2) is 7.35. The second-order valence-electron chi connectivity index (χ2n) is 6.26. The molecule has 1 fully saturated rings. The molecule has 1 heterocycles. The Morgan fingerprint density at radius 2 is 1.37 bits per heavy atom. The highest BCUT2D eigenvalue weighted by molar-refractivity contribution is 5.83. The molecule has 0 aromatic heterocycles. The molecular weight excluding hydrogens is 418 g/mol. The quantitative estimate of drug-likeness (QED) is 0.391. The highest BCUT2D eigenvalue weighted by Gasteiger charge is 2.77. The van der Waals surface area contributed by atoms with Gasteiger partial charge >= 0.3 is 24.1 Å². The van der Waals surface area contributed by atoms with Crippen LogP contribution in [0.4, 0.5) is 26.3 Å². The van der Waals surface area contributed by atoms with Crippen molar-refractivity contribution < 1.29 is 45.3 Å². The van der Waals surface area contributed by atoms with Gasteiger partial charge in [0.15, 0.2) is 5.76 Å². The zero-order chi connectivity index (χ0) is 22.2. The molecule has 1 saturated heterocycles. The van der Waals surface area contributed by atoms with Crippen molar-refractivity contribution in [3.05, 3.63) is 83.6 Å². The number of hydrogen-bond donors (Lipinski definition) is 0. The molecule has 0 bridgehead atoms. The Bertz CT molecular complexity index is 939. The first-order valence-electron chi connectivity index (χ1n) is 8.42. The molecule has 2 unspecified atom stereocenters.